The molecule has 0 spiro atoms. The second-order valence-corrected chi connectivity index (χ2v) is 6.87. The molecule has 2 N–H and O–H groups in total. The summed E-state index contributed by atoms with van der Waals surface area (Å²) in [5.74, 6) is 0.668. The zero-order chi connectivity index (χ0) is 16.8. The standard InChI is InChI=1S/C16H24N4O2S/c1-10(2)22-7-5-6-17-13(21)8-18-15-14-11(3)12(4)23-16(14)20-9-19-15/h9-10H,5-8H2,1-4H3,(H,17,21)(H,18,19,20). The van der Waals surface area contributed by atoms with E-state index in [4.69, 9.17) is 4.74 Å². The summed E-state index contributed by atoms with van der Waals surface area (Å²) < 4.78 is 5.43. The van der Waals surface area contributed by atoms with Gasteiger partial charge in [-0.1, -0.05) is 0 Å². The van der Waals surface area contributed by atoms with Gasteiger partial charge in [-0.3, -0.25) is 4.79 Å². The molecule has 0 fully saturated rings. The first-order chi connectivity index (χ1) is 11.0. The molecule has 0 bridgehead atoms. The number of thiophene rings is 1. The highest BCUT2D eigenvalue weighted by Gasteiger charge is 2.12. The van der Waals surface area contributed by atoms with Gasteiger partial charge in [0.2, 0.25) is 5.91 Å². The minimum atomic E-state index is -0.0501. The molecule has 2 aromatic heterocycles. The van der Waals surface area contributed by atoms with Gasteiger partial charge in [0.25, 0.3) is 0 Å². The van der Waals surface area contributed by atoms with Crippen LogP contribution < -0.4 is 10.6 Å². The van der Waals surface area contributed by atoms with E-state index < -0.39 is 0 Å². The molecule has 23 heavy (non-hydrogen) atoms. The highest BCUT2D eigenvalue weighted by atomic mass is 32.1. The normalized spacial score (nSPS) is 11.2. The number of ether oxygens (including phenoxy) is 1. The molecule has 2 aromatic rings. The molecule has 0 radical (unpaired) electrons. The van der Waals surface area contributed by atoms with Crippen molar-refractivity contribution in [1.29, 1.82) is 0 Å². The lowest BCUT2D eigenvalue weighted by Crippen LogP contribution is -2.31. The van der Waals surface area contributed by atoms with Crippen LogP contribution in [-0.4, -0.2) is 41.7 Å². The van der Waals surface area contributed by atoms with Gasteiger partial charge in [0.15, 0.2) is 0 Å². The number of nitrogens with one attached hydrogen (secondary N) is 2. The summed E-state index contributed by atoms with van der Waals surface area (Å²) in [5.41, 5.74) is 1.17. The first kappa shape index (κ1) is 17.6. The lowest BCUT2D eigenvalue weighted by atomic mass is 10.2. The third-order valence-corrected chi connectivity index (χ3v) is 4.59. The van der Waals surface area contributed by atoms with E-state index in [9.17, 15) is 4.79 Å². The Morgan fingerprint density at radius 2 is 2.13 bits per heavy atom. The van der Waals surface area contributed by atoms with Crippen molar-refractivity contribution in [2.45, 2.75) is 40.2 Å². The van der Waals surface area contributed by atoms with E-state index in [2.05, 4.69) is 34.4 Å². The van der Waals surface area contributed by atoms with Crippen LogP contribution in [0.25, 0.3) is 10.2 Å². The minimum absolute atomic E-state index is 0.0501. The number of fused-ring (bicyclic) bond motifs is 1. The van der Waals surface area contributed by atoms with Crippen LogP contribution >= 0.6 is 11.3 Å². The molecule has 0 aromatic carbocycles. The molecule has 2 heterocycles. The van der Waals surface area contributed by atoms with Gasteiger partial charge in [-0.15, -0.1) is 11.3 Å². The second kappa shape index (κ2) is 8.21. The number of nitrogens with zero attached hydrogens (tertiary/aromatic N) is 2. The smallest absolute Gasteiger partial charge is 0.239 e. The van der Waals surface area contributed by atoms with E-state index in [-0.39, 0.29) is 18.6 Å². The molecule has 0 aliphatic heterocycles. The lowest BCUT2D eigenvalue weighted by Gasteiger charge is -2.09. The summed E-state index contributed by atoms with van der Waals surface area (Å²) in [5, 5.41) is 6.99. The molecule has 1 amide bonds. The van der Waals surface area contributed by atoms with Crippen LogP contribution in [0.3, 0.4) is 0 Å². The van der Waals surface area contributed by atoms with Crippen LogP contribution in [0, 0.1) is 13.8 Å². The van der Waals surface area contributed by atoms with E-state index in [0.29, 0.717) is 13.2 Å². The quantitative estimate of drug-likeness (QED) is 0.725. The first-order valence-corrected chi connectivity index (χ1v) is 8.63. The summed E-state index contributed by atoms with van der Waals surface area (Å²) in [4.78, 5) is 22.6. The molecule has 0 unspecified atom stereocenters. The van der Waals surface area contributed by atoms with E-state index in [1.165, 1.54) is 16.8 Å². The van der Waals surface area contributed by atoms with Crippen molar-refractivity contribution >= 4 is 33.3 Å². The predicted molar refractivity (Wildman–Crippen MR) is 94.1 cm³/mol. The van der Waals surface area contributed by atoms with Gasteiger partial charge in [0.05, 0.1) is 18.0 Å². The SMILES string of the molecule is Cc1sc2ncnc(NCC(=O)NCCCOC(C)C)c2c1C. The molecule has 0 atom stereocenters. The number of anilines is 1. The number of carbonyl (C=O) groups excluding carboxylic acids is 1. The fourth-order valence-electron chi connectivity index (χ4n) is 2.16. The number of hydrogen-bond donors (Lipinski definition) is 2. The summed E-state index contributed by atoms with van der Waals surface area (Å²) in [6.45, 7) is 9.59. The monoisotopic (exact) mass is 336 g/mol. The molecule has 0 aliphatic rings. The fraction of sp³-hybridized carbons (Fsp3) is 0.562. The topological polar surface area (TPSA) is 76.1 Å². The van der Waals surface area contributed by atoms with Crippen LogP contribution in [-0.2, 0) is 9.53 Å². The van der Waals surface area contributed by atoms with Crippen molar-refractivity contribution < 1.29 is 9.53 Å². The van der Waals surface area contributed by atoms with Gasteiger partial charge >= 0.3 is 0 Å². The largest absolute Gasteiger partial charge is 0.379 e. The summed E-state index contributed by atoms with van der Waals surface area (Å²) in [6.07, 6.45) is 2.57. The zero-order valence-electron chi connectivity index (χ0n) is 14.1. The third kappa shape index (κ3) is 4.87. The van der Waals surface area contributed by atoms with Crippen molar-refractivity contribution in [3.8, 4) is 0 Å². The second-order valence-electron chi connectivity index (χ2n) is 5.66. The van der Waals surface area contributed by atoms with Crippen LogP contribution in [0.1, 0.15) is 30.7 Å². The maximum atomic E-state index is 11.9. The van der Waals surface area contributed by atoms with E-state index >= 15 is 0 Å². The van der Waals surface area contributed by atoms with Crippen LogP contribution in [0.2, 0.25) is 0 Å². The number of carbonyl (C=O) groups is 1. The van der Waals surface area contributed by atoms with E-state index in [1.54, 1.807) is 11.3 Å². The maximum Gasteiger partial charge on any atom is 0.239 e. The zero-order valence-corrected chi connectivity index (χ0v) is 14.9. The Kier molecular flexibility index (Phi) is 6.29. The van der Waals surface area contributed by atoms with Crippen molar-refractivity contribution in [3.05, 3.63) is 16.8 Å². The molecule has 7 heteroatoms. The number of aromatic nitrogens is 2. The Balaban J connectivity index is 1.83. The van der Waals surface area contributed by atoms with Gasteiger partial charge in [-0.05, 0) is 39.7 Å². The Hall–Kier alpha value is -1.73. The highest BCUT2D eigenvalue weighted by Crippen LogP contribution is 2.32. The van der Waals surface area contributed by atoms with Crippen molar-refractivity contribution in [2.24, 2.45) is 0 Å². The Morgan fingerprint density at radius 1 is 1.35 bits per heavy atom. The molecule has 0 saturated heterocycles. The molecule has 2 rings (SSSR count). The van der Waals surface area contributed by atoms with Crippen molar-refractivity contribution in [3.63, 3.8) is 0 Å². The first-order valence-electron chi connectivity index (χ1n) is 7.82. The van der Waals surface area contributed by atoms with Gasteiger partial charge in [0.1, 0.15) is 17.0 Å². The number of amides is 1. The average Bonchev–Trinajstić information content (AvgIpc) is 2.80. The molecule has 6 nitrogen and oxygen atoms in total. The number of aryl methyl sites for hydroxylation is 2. The van der Waals surface area contributed by atoms with Gasteiger partial charge < -0.3 is 15.4 Å². The Labute approximate surface area is 140 Å². The Morgan fingerprint density at radius 3 is 2.87 bits per heavy atom. The maximum absolute atomic E-state index is 11.9. The van der Waals surface area contributed by atoms with Gasteiger partial charge in [0, 0.05) is 18.0 Å². The van der Waals surface area contributed by atoms with Crippen LogP contribution in [0.5, 0.6) is 0 Å². The lowest BCUT2D eigenvalue weighted by molar-refractivity contribution is -0.119. The molecule has 126 valence electrons. The van der Waals surface area contributed by atoms with E-state index in [0.717, 1.165) is 22.5 Å². The summed E-state index contributed by atoms with van der Waals surface area (Å²) in [7, 11) is 0. The summed E-state index contributed by atoms with van der Waals surface area (Å²) in [6, 6.07) is 0. The van der Waals surface area contributed by atoms with E-state index in [1.807, 2.05) is 13.8 Å². The number of hydrogen-bond acceptors (Lipinski definition) is 6. The molecular formula is C16H24N4O2S. The Bertz CT molecular complexity index is 669. The molecular weight excluding hydrogens is 312 g/mol. The summed E-state index contributed by atoms with van der Waals surface area (Å²) >= 11 is 1.64. The van der Waals surface area contributed by atoms with Crippen LogP contribution in [0.15, 0.2) is 6.33 Å². The van der Waals surface area contributed by atoms with Crippen LogP contribution in [0.4, 0.5) is 5.82 Å². The van der Waals surface area contributed by atoms with Crippen molar-refractivity contribution in [1.82, 2.24) is 15.3 Å². The average molecular weight is 336 g/mol. The molecule has 0 aliphatic carbocycles. The minimum Gasteiger partial charge on any atom is -0.379 e. The molecule has 0 saturated carbocycles. The van der Waals surface area contributed by atoms with Gasteiger partial charge in [-0.2, -0.15) is 0 Å². The third-order valence-electron chi connectivity index (χ3n) is 3.48. The fourth-order valence-corrected chi connectivity index (χ4v) is 3.16. The number of rotatable bonds is 8. The predicted octanol–water partition coefficient (Wildman–Crippen LogP) is 2.65. The van der Waals surface area contributed by atoms with Gasteiger partial charge in [-0.25, -0.2) is 9.97 Å². The highest BCUT2D eigenvalue weighted by molar-refractivity contribution is 7.18. The van der Waals surface area contributed by atoms with Crippen molar-refractivity contribution in [2.75, 3.05) is 25.0 Å².